The number of nitrogens with zero attached hydrogens (tertiary/aromatic N) is 1. The van der Waals surface area contributed by atoms with Gasteiger partial charge in [-0.3, -0.25) is 4.79 Å². The second-order valence-electron chi connectivity index (χ2n) is 6.14. The van der Waals surface area contributed by atoms with Crippen molar-refractivity contribution in [2.75, 3.05) is 26.3 Å². The lowest BCUT2D eigenvalue weighted by atomic mass is 10.1. The smallest absolute Gasteiger partial charge is 0.241 e. The molecule has 7 heteroatoms. The molecule has 0 bridgehead atoms. The number of carbonyl (C=O) groups is 1. The number of carbonyl (C=O) groups excluding carboxylic acids is 1. The number of amides is 1. The molecular weight excluding hydrogens is 352 g/mol. The first-order valence-electron chi connectivity index (χ1n) is 8.52. The first-order chi connectivity index (χ1) is 12.5. The van der Waals surface area contributed by atoms with Gasteiger partial charge in [0.1, 0.15) is 0 Å². The quantitative estimate of drug-likeness (QED) is 0.867. The monoisotopic (exact) mass is 374 g/mol. The summed E-state index contributed by atoms with van der Waals surface area (Å²) >= 11 is 0. The summed E-state index contributed by atoms with van der Waals surface area (Å²) in [6.45, 7) is 3.47. The number of sulfonamides is 1. The van der Waals surface area contributed by atoms with Crippen LogP contribution in [-0.2, 0) is 19.6 Å². The Morgan fingerprint density at radius 1 is 1.04 bits per heavy atom. The summed E-state index contributed by atoms with van der Waals surface area (Å²) < 4.78 is 33.6. The van der Waals surface area contributed by atoms with Crippen molar-refractivity contribution in [3.63, 3.8) is 0 Å². The van der Waals surface area contributed by atoms with Gasteiger partial charge in [0.2, 0.25) is 15.9 Å². The van der Waals surface area contributed by atoms with Crippen LogP contribution in [0.15, 0.2) is 59.5 Å². The Morgan fingerprint density at radius 3 is 2.35 bits per heavy atom. The molecule has 1 heterocycles. The molecule has 1 amide bonds. The van der Waals surface area contributed by atoms with Crippen molar-refractivity contribution >= 4 is 15.9 Å². The highest BCUT2D eigenvalue weighted by Gasteiger charge is 2.28. The SMILES string of the molecule is CC(NS(=O)(=O)c1ccccc1-c1ccccc1)C(=O)N1CCOCC1. The molecule has 26 heavy (non-hydrogen) atoms. The van der Waals surface area contributed by atoms with Gasteiger partial charge in [-0.1, -0.05) is 48.5 Å². The maximum atomic E-state index is 12.9. The Hall–Kier alpha value is -2.22. The van der Waals surface area contributed by atoms with E-state index in [0.717, 1.165) is 5.56 Å². The fourth-order valence-corrected chi connectivity index (χ4v) is 4.39. The zero-order valence-electron chi connectivity index (χ0n) is 14.6. The van der Waals surface area contributed by atoms with Gasteiger partial charge in [-0.2, -0.15) is 4.72 Å². The zero-order valence-corrected chi connectivity index (χ0v) is 15.4. The number of ether oxygens (including phenoxy) is 1. The highest BCUT2D eigenvalue weighted by molar-refractivity contribution is 7.89. The number of hydrogen-bond acceptors (Lipinski definition) is 4. The van der Waals surface area contributed by atoms with Crippen molar-refractivity contribution in [2.45, 2.75) is 17.9 Å². The molecule has 0 aromatic heterocycles. The standard InChI is InChI=1S/C19H22N2O4S/c1-15(19(22)21-11-13-25-14-12-21)20-26(23,24)18-10-6-5-9-17(18)16-7-3-2-4-8-16/h2-10,15,20H,11-14H2,1H3. The van der Waals surface area contributed by atoms with Gasteiger partial charge in [-0.05, 0) is 18.6 Å². The molecule has 1 aliphatic rings. The molecule has 1 atom stereocenters. The van der Waals surface area contributed by atoms with Crippen LogP contribution in [-0.4, -0.2) is 51.6 Å². The van der Waals surface area contributed by atoms with E-state index >= 15 is 0 Å². The third kappa shape index (κ3) is 4.12. The van der Waals surface area contributed by atoms with E-state index in [1.807, 2.05) is 30.3 Å². The number of benzene rings is 2. The van der Waals surface area contributed by atoms with Crippen molar-refractivity contribution in [3.8, 4) is 11.1 Å². The Labute approximate surface area is 153 Å². The lowest BCUT2D eigenvalue weighted by Gasteiger charge is -2.29. The van der Waals surface area contributed by atoms with Crippen LogP contribution < -0.4 is 4.72 Å². The highest BCUT2D eigenvalue weighted by Crippen LogP contribution is 2.27. The van der Waals surface area contributed by atoms with Crippen molar-refractivity contribution in [1.82, 2.24) is 9.62 Å². The summed E-state index contributed by atoms with van der Waals surface area (Å²) in [5.41, 5.74) is 1.41. The van der Waals surface area contributed by atoms with Crippen LogP contribution in [0.1, 0.15) is 6.92 Å². The van der Waals surface area contributed by atoms with E-state index < -0.39 is 16.1 Å². The summed E-state index contributed by atoms with van der Waals surface area (Å²) in [5.74, 6) is -0.242. The summed E-state index contributed by atoms with van der Waals surface area (Å²) in [7, 11) is -3.85. The molecule has 2 aromatic rings. The van der Waals surface area contributed by atoms with E-state index in [0.29, 0.717) is 31.9 Å². The van der Waals surface area contributed by atoms with Gasteiger partial charge >= 0.3 is 0 Å². The maximum Gasteiger partial charge on any atom is 0.241 e. The molecule has 1 saturated heterocycles. The van der Waals surface area contributed by atoms with Crippen LogP contribution in [0.3, 0.4) is 0 Å². The minimum absolute atomic E-state index is 0.160. The number of nitrogens with one attached hydrogen (secondary N) is 1. The number of hydrogen-bond donors (Lipinski definition) is 1. The van der Waals surface area contributed by atoms with Crippen molar-refractivity contribution in [1.29, 1.82) is 0 Å². The zero-order chi connectivity index (χ0) is 18.6. The molecule has 0 spiro atoms. The summed E-state index contributed by atoms with van der Waals surface area (Å²) in [6.07, 6.45) is 0. The van der Waals surface area contributed by atoms with Gasteiger partial charge in [0.25, 0.3) is 0 Å². The third-order valence-corrected chi connectivity index (χ3v) is 5.89. The second kappa shape index (κ2) is 7.99. The largest absolute Gasteiger partial charge is 0.378 e. The van der Waals surface area contributed by atoms with E-state index in [9.17, 15) is 13.2 Å². The first-order valence-corrected chi connectivity index (χ1v) is 10.0. The molecular formula is C19H22N2O4S. The van der Waals surface area contributed by atoms with E-state index in [1.54, 1.807) is 36.1 Å². The van der Waals surface area contributed by atoms with Gasteiger partial charge in [0.05, 0.1) is 24.2 Å². The minimum atomic E-state index is -3.85. The Kier molecular flexibility index (Phi) is 5.70. The molecule has 2 aromatic carbocycles. The molecule has 0 radical (unpaired) electrons. The van der Waals surface area contributed by atoms with E-state index in [2.05, 4.69) is 4.72 Å². The van der Waals surface area contributed by atoms with Crippen LogP contribution in [0.2, 0.25) is 0 Å². The number of rotatable bonds is 5. The highest BCUT2D eigenvalue weighted by atomic mass is 32.2. The number of morpholine rings is 1. The summed E-state index contributed by atoms with van der Waals surface area (Å²) in [4.78, 5) is 14.3. The molecule has 0 saturated carbocycles. The predicted molar refractivity (Wildman–Crippen MR) is 99.1 cm³/mol. The molecule has 6 nitrogen and oxygen atoms in total. The maximum absolute atomic E-state index is 12.9. The van der Waals surface area contributed by atoms with E-state index in [1.165, 1.54) is 0 Å². The van der Waals surface area contributed by atoms with Crippen molar-refractivity contribution < 1.29 is 17.9 Å². The average Bonchev–Trinajstić information content (AvgIpc) is 2.68. The van der Waals surface area contributed by atoms with Crippen molar-refractivity contribution in [3.05, 3.63) is 54.6 Å². The normalized spacial score (nSPS) is 16.3. The molecule has 0 aliphatic carbocycles. The van der Waals surface area contributed by atoms with E-state index in [-0.39, 0.29) is 10.8 Å². The topological polar surface area (TPSA) is 75.7 Å². The second-order valence-corrected chi connectivity index (χ2v) is 7.83. The molecule has 138 valence electrons. The van der Waals surface area contributed by atoms with Gasteiger partial charge in [0, 0.05) is 18.7 Å². The molecule has 1 N–H and O–H groups in total. The summed E-state index contributed by atoms with van der Waals surface area (Å²) in [6, 6.07) is 15.2. The van der Waals surface area contributed by atoms with Gasteiger partial charge in [-0.15, -0.1) is 0 Å². The lowest BCUT2D eigenvalue weighted by molar-refractivity contribution is -0.136. The van der Waals surface area contributed by atoms with Crippen LogP contribution in [0.4, 0.5) is 0 Å². The fourth-order valence-electron chi connectivity index (χ4n) is 2.96. The Bertz CT molecular complexity index is 862. The Morgan fingerprint density at radius 2 is 1.65 bits per heavy atom. The van der Waals surface area contributed by atoms with Gasteiger partial charge in [0.15, 0.2) is 0 Å². The van der Waals surface area contributed by atoms with Crippen LogP contribution in [0, 0.1) is 0 Å². The molecule has 1 aliphatic heterocycles. The van der Waals surface area contributed by atoms with Gasteiger partial charge < -0.3 is 9.64 Å². The molecule has 3 rings (SSSR count). The predicted octanol–water partition coefficient (Wildman–Crippen LogP) is 1.88. The van der Waals surface area contributed by atoms with Crippen LogP contribution in [0.5, 0.6) is 0 Å². The average molecular weight is 374 g/mol. The third-order valence-electron chi connectivity index (χ3n) is 4.29. The minimum Gasteiger partial charge on any atom is -0.378 e. The fraction of sp³-hybridized carbons (Fsp3) is 0.316. The van der Waals surface area contributed by atoms with Crippen LogP contribution in [0.25, 0.3) is 11.1 Å². The first kappa shape index (κ1) is 18.6. The lowest BCUT2D eigenvalue weighted by Crippen LogP contribution is -2.50. The van der Waals surface area contributed by atoms with E-state index in [4.69, 9.17) is 4.74 Å². The van der Waals surface area contributed by atoms with Crippen molar-refractivity contribution in [2.24, 2.45) is 0 Å². The van der Waals surface area contributed by atoms with Crippen LogP contribution >= 0.6 is 0 Å². The molecule has 1 unspecified atom stereocenters. The van der Waals surface area contributed by atoms with Gasteiger partial charge in [-0.25, -0.2) is 8.42 Å². The molecule has 1 fully saturated rings. The Balaban J connectivity index is 1.83. The summed E-state index contributed by atoms with van der Waals surface area (Å²) in [5, 5.41) is 0.